The number of carbonyl (C=O) groups is 1. The van der Waals surface area contributed by atoms with Gasteiger partial charge in [0.25, 0.3) is 5.91 Å². The summed E-state index contributed by atoms with van der Waals surface area (Å²) in [5, 5.41) is 4.00. The quantitative estimate of drug-likeness (QED) is 0.395. The molecule has 0 spiro atoms. The zero-order valence-corrected chi connectivity index (χ0v) is 16.4. The van der Waals surface area contributed by atoms with Gasteiger partial charge in [-0.05, 0) is 71.5 Å². The van der Waals surface area contributed by atoms with E-state index in [9.17, 15) is 4.79 Å². The Labute approximate surface area is 160 Å². The van der Waals surface area contributed by atoms with Gasteiger partial charge >= 0.3 is 0 Å². The highest BCUT2D eigenvalue weighted by atomic mass is 127. The number of halogens is 1. The molecule has 0 aliphatic heterocycles. The third-order valence-electron chi connectivity index (χ3n) is 3.27. The van der Waals surface area contributed by atoms with E-state index in [0.29, 0.717) is 29.4 Å². The molecule has 1 N–H and O–H groups in total. The zero-order chi connectivity index (χ0) is 18.2. The van der Waals surface area contributed by atoms with Crippen molar-refractivity contribution in [3.63, 3.8) is 0 Å². The lowest BCUT2D eigenvalue weighted by atomic mass is 10.2. The van der Waals surface area contributed by atoms with Crippen LogP contribution in [0.3, 0.4) is 0 Å². The van der Waals surface area contributed by atoms with Crippen molar-refractivity contribution in [3.8, 4) is 17.2 Å². The minimum Gasteiger partial charge on any atom is -0.497 e. The molecular formula is C18H19IN2O4. The molecule has 25 heavy (non-hydrogen) atoms. The highest BCUT2D eigenvalue weighted by molar-refractivity contribution is 14.1. The molecule has 0 unspecified atom stereocenters. The third kappa shape index (κ3) is 5.09. The van der Waals surface area contributed by atoms with Gasteiger partial charge in [-0.1, -0.05) is 0 Å². The predicted octanol–water partition coefficient (Wildman–Crippen LogP) is 3.47. The van der Waals surface area contributed by atoms with Crippen molar-refractivity contribution in [2.75, 3.05) is 20.8 Å². The first-order valence-corrected chi connectivity index (χ1v) is 8.64. The molecule has 0 bridgehead atoms. The molecule has 0 atom stereocenters. The molecule has 0 fully saturated rings. The first kappa shape index (κ1) is 19.0. The smallest absolute Gasteiger partial charge is 0.271 e. The third-order valence-corrected chi connectivity index (χ3v) is 4.07. The van der Waals surface area contributed by atoms with Crippen molar-refractivity contribution in [2.24, 2.45) is 5.10 Å². The van der Waals surface area contributed by atoms with Crippen molar-refractivity contribution >= 4 is 34.7 Å². The van der Waals surface area contributed by atoms with Crippen molar-refractivity contribution in [2.45, 2.75) is 6.92 Å². The molecule has 2 rings (SSSR count). The average Bonchev–Trinajstić information content (AvgIpc) is 2.62. The monoisotopic (exact) mass is 454 g/mol. The van der Waals surface area contributed by atoms with E-state index in [1.165, 1.54) is 0 Å². The second-order valence-corrected chi connectivity index (χ2v) is 6.06. The highest BCUT2D eigenvalue weighted by Crippen LogP contribution is 2.33. The van der Waals surface area contributed by atoms with Crippen LogP contribution in [0.25, 0.3) is 0 Å². The van der Waals surface area contributed by atoms with Gasteiger partial charge in [-0.25, -0.2) is 5.43 Å². The summed E-state index contributed by atoms with van der Waals surface area (Å²) in [6.45, 7) is 2.43. The highest BCUT2D eigenvalue weighted by Gasteiger charge is 2.10. The van der Waals surface area contributed by atoms with Crippen LogP contribution in [-0.4, -0.2) is 32.9 Å². The lowest BCUT2D eigenvalue weighted by Crippen LogP contribution is -2.17. The number of benzene rings is 2. The predicted molar refractivity (Wildman–Crippen MR) is 105 cm³/mol. The molecular weight excluding hydrogens is 435 g/mol. The topological polar surface area (TPSA) is 69.2 Å². The molecule has 0 heterocycles. The van der Waals surface area contributed by atoms with Crippen molar-refractivity contribution in [1.82, 2.24) is 5.43 Å². The van der Waals surface area contributed by atoms with E-state index in [0.717, 1.165) is 9.13 Å². The Morgan fingerprint density at radius 3 is 2.52 bits per heavy atom. The van der Waals surface area contributed by atoms with Crippen LogP contribution in [0.5, 0.6) is 17.2 Å². The molecule has 0 radical (unpaired) electrons. The van der Waals surface area contributed by atoms with Gasteiger partial charge in [0.2, 0.25) is 0 Å². The number of hydrogen-bond acceptors (Lipinski definition) is 5. The van der Waals surface area contributed by atoms with Gasteiger partial charge in [0.05, 0.1) is 30.6 Å². The molecule has 0 saturated carbocycles. The van der Waals surface area contributed by atoms with Crippen LogP contribution in [-0.2, 0) is 0 Å². The number of hydrogen-bond donors (Lipinski definition) is 1. The average molecular weight is 454 g/mol. The van der Waals surface area contributed by atoms with Gasteiger partial charge in [-0.3, -0.25) is 4.79 Å². The molecule has 6 nitrogen and oxygen atoms in total. The Hall–Kier alpha value is -2.29. The number of amides is 1. The maximum atomic E-state index is 12.1. The Morgan fingerprint density at radius 2 is 1.92 bits per heavy atom. The lowest BCUT2D eigenvalue weighted by Gasteiger charge is -2.11. The Balaban J connectivity index is 2.09. The van der Waals surface area contributed by atoms with Crippen LogP contribution in [0.15, 0.2) is 41.5 Å². The molecule has 2 aromatic carbocycles. The van der Waals surface area contributed by atoms with Gasteiger partial charge in [0.15, 0.2) is 11.5 Å². The Morgan fingerprint density at radius 1 is 1.20 bits per heavy atom. The van der Waals surface area contributed by atoms with Crippen LogP contribution in [0, 0.1) is 3.57 Å². The maximum Gasteiger partial charge on any atom is 0.271 e. The van der Waals surface area contributed by atoms with Crippen LogP contribution < -0.4 is 19.6 Å². The minimum atomic E-state index is -0.299. The van der Waals surface area contributed by atoms with E-state index in [-0.39, 0.29) is 5.91 Å². The van der Waals surface area contributed by atoms with E-state index in [4.69, 9.17) is 14.2 Å². The second-order valence-electron chi connectivity index (χ2n) is 4.89. The van der Waals surface area contributed by atoms with Crippen LogP contribution in [0.4, 0.5) is 0 Å². The fourth-order valence-corrected chi connectivity index (χ4v) is 2.94. The van der Waals surface area contributed by atoms with Crippen molar-refractivity contribution in [3.05, 3.63) is 51.1 Å². The summed E-state index contributed by atoms with van der Waals surface area (Å²) in [5.41, 5.74) is 3.79. The minimum absolute atomic E-state index is 0.299. The number of nitrogens with one attached hydrogen (secondary N) is 1. The largest absolute Gasteiger partial charge is 0.497 e. The van der Waals surface area contributed by atoms with Gasteiger partial charge in [0, 0.05) is 5.56 Å². The molecule has 0 aromatic heterocycles. The van der Waals surface area contributed by atoms with Gasteiger partial charge in [-0.15, -0.1) is 0 Å². The Bertz CT molecular complexity index is 760. The van der Waals surface area contributed by atoms with Crippen LogP contribution in [0.1, 0.15) is 22.8 Å². The molecule has 2 aromatic rings. The number of ether oxygens (including phenoxy) is 3. The van der Waals surface area contributed by atoms with Crippen LogP contribution in [0.2, 0.25) is 0 Å². The fourth-order valence-electron chi connectivity index (χ4n) is 2.10. The molecule has 0 saturated heterocycles. The normalized spacial score (nSPS) is 10.6. The molecule has 132 valence electrons. The first-order chi connectivity index (χ1) is 12.1. The second kappa shape index (κ2) is 9.26. The SMILES string of the molecule is CCOc1cc(/C=N\NC(=O)c2ccc(OC)cc2)cc(I)c1OC. The van der Waals surface area contributed by atoms with Gasteiger partial charge in [-0.2, -0.15) is 5.10 Å². The van der Waals surface area contributed by atoms with Crippen molar-refractivity contribution < 1.29 is 19.0 Å². The number of methoxy groups -OCH3 is 2. The number of rotatable bonds is 7. The standard InChI is InChI=1S/C18H19IN2O4/c1-4-25-16-10-12(9-15(19)17(16)24-3)11-20-21-18(22)13-5-7-14(23-2)8-6-13/h5-11H,4H2,1-3H3,(H,21,22)/b20-11-. The molecule has 7 heteroatoms. The van der Waals surface area contributed by atoms with Crippen LogP contribution >= 0.6 is 22.6 Å². The summed E-state index contributed by atoms with van der Waals surface area (Å²) in [6.07, 6.45) is 1.56. The summed E-state index contributed by atoms with van der Waals surface area (Å²) in [7, 11) is 3.18. The van der Waals surface area contributed by atoms with E-state index in [1.807, 2.05) is 19.1 Å². The summed E-state index contributed by atoms with van der Waals surface area (Å²) >= 11 is 2.17. The number of carbonyl (C=O) groups excluding carboxylic acids is 1. The van der Waals surface area contributed by atoms with Gasteiger partial charge in [0.1, 0.15) is 5.75 Å². The van der Waals surface area contributed by atoms with E-state index in [1.54, 1.807) is 44.7 Å². The Kier molecular flexibility index (Phi) is 7.05. The zero-order valence-electron chi connectivity index (χ0n) is 14.2. The number of hydrazone groups is 1. The van der Waals surface area contributed by atoms with E-state index >= 15 is 0 Å². The van der Waals surface area contributed by atoms with E-state index < -0.39 is 0 Å². The van der Waals surface area contributed by atoms with Gasteiger partial charge < -0.3 is 14.2 Å². The lowest BCUT2D eigenvalue weighted by molar-refractivity contribution is 0.0955. The summed E-state index contributed by atoms with van der Waals surface area (Å²) < 4.78 is 16.9. The molecule has 0 aliphatic rings. The first-order valence-electron chi connectivity index (χ1n) is 7.56. The molecule has 0 aliphatic carbocycles. The maximum absolute atomic E-state index is 12.1. The number of nitrogens with zero attached hydrogens (tertiary/aromatic N) is 1. The summed E-state index contributed by atoms with van der Waals surface area (Å²) in [6, 6.07) is 10.5. The summed E-state index contributed by atoms with van der Waals surface area (Å²) in [4.78, 5) is 12.1. The van der Waals surface area contributed by atoms with E-state index in [2.05, 4.69) is 33.1 Å². The fraction of sp³-hybridized carbons (Fsp3) is 0.222. The van der Waals surface area contributed by atoms with Crippen molar-refractivity contribution in [1.29, 1.82) is 0 Å². The molecule has 1 amide bonds. The summed E-state index contributed by atoms with van der Waals surface area (Å²) in [5.74, 6) is 1.71.